The standard InChI is InChI=1S/C12H11N3OS/c1-8(12-14-5-7-17-12)15-11-9-3-6-16-10(9)2-4-13-11/h2-8H,1H3,(H,13,15). The van der Waals surface area contributed by atoms with Gasteiger partial charge in [-0.2, -0.15) is 0 Å². The lowest BCUT2D eigenvalue weighted by Gasteiger charge is -2.12. The van der Waals surface area contributed by atoms with E-state index in [0.717, 1.165) is 21.8 Å². The summed E-state index contributed by atoms with van der Waals surface area (Å²) >= 11 is 1.63. The van der Waals surface area contributed by atoms with Crippen molar-refractivity contribution in [1.29, 1.82) is 0 Å². The van der Waals surface area contributed by atoms with E-state index in [1.54, 1.807) is 23.8 Å². The first kappa shape index (κ1) is 10.3. The quantitative estimate of drug-likeness (QED) is 0.767. The molecule has 86 valence electrons. The van der Waals surface area contributed by atoms with Gasteiger partial charge < -0.3 is 9.73 Å². The lowest BCUT2D eigenvalue weighted by atomic mass is 10.3. The van der Waals surface area contributed by atoms with Gasteiger partial charge in [-0.3, -0.25) is 0 Å². The molecular weight excluding hydrogens is 234 g/mol. The highest BCUT2D eigenvalue weighted by atomic mass is 32.1. The predicted octanol–water partition coefficient (Wildman–Crippen LogP) is 3.46. The van der Waals surface area contributed by atoms with Gasteiger partial charge in [0.1, 0.15) is 16.4 Å². The molecule has 3 rings (SSSR count). The lowest BCUT2D eigenvalue weighted by molar-refractivity contribution is 0.615. The molecule has 0 aromatic carbocycles. The topological polar surface area (TPSA) is 51.0 Å². The Hall–Kier alpha value is -1.88. The molecule has 0 saturated heterocycles. The SMILES string of the molecule is CC(Nc1nccc2occc12)c1nccs1. The van der Waals surface area contributed by atoms with Gasteiger partial charge in [-0.05, 0) is 19.1 Å². The minimum absolute atomic E-state index is 0.142. The number of hydrogen-bond acceptors (Lipinski definition) is 5. The fraction of sp³-hybridized carbons (Fsp3) is 0.167. The normalized spacial score (nSPS) is 12.8. The maximum absolute atomic E-state index is 5.34. The minimum atomic E-state index is 0.142. The number of furan rings is 1. The molecule has 0 bridgehead atoms. The molecule has 3 aromatic heterocycles. The number of aromatic nitrogens is 2. The third-order valence-corrected chi connectivity index (χ3v) is 3.51. The number of fused-ring (bicyclic) bond motifs is 1. The fourth-order valence-electron chi connectivity index (χ4n) is 1.72. The molecule has 0 fully saturated rings. The molecule has 0 radical (unpaired) electrons. The molecule has 1 unspecified atom stereocenters. The Bertz CT molecular complexity index is 618. The number of nitrogens with zero attached hydrogens (tertiary/aromatic N) is 2. The van der Waals surface area contributed by atoms with E-state index in [-0.39, 0.29) is 6.04 Å². The van der Waals surface area contributed by atoms with Crippen molar-refractivity contribution in [3.05, 3.63) is 41.2 Å². The second-order valence-corrected chi connectivity index (χ2v) is 4.65. The second-order valence-electron chi connectivity index (χ2n) is 3.73. The fourth-order valence-corrected chi connectivity index (χ4v) is 2.37. The molecule has 17 heavy (non-hydrogen) atoms. The Labute approximate surface area is 102 Å². The van der Waals surface area contributed by atoms with Crippen molar-refractivity contribution in [3.8, 4) is 0 Å². The summed E-state index contributed by atoms with van der Waals surface area (Å²) in [6, 6.07) is 3.91. The number of rotatable bonds is 3. The van der Waals surface area contributed by atoms with Crippen LogP contribution in [0.2, 0.25) is 0 Å². The van der Waals surface area contributed by atoms with Crippen molar-refractivity contribution in [2.75, 3.05) is 5.32 Å². The molecule has 0 aliphatic carbocycles. The largest absolute Gasteiger partial charge is 0.464 e. The van der Waals surface area contributed by atoms with E-state index >= 15 is 0 Å². The van der Waals surface area contributed by atoms with Crippen molar-refractivity contribution in [1.82, 2.24) is 9.97 Å². The number of nitrogens with one attached hydrogen (secondary N) is 1. The summed E-state index contributed by atoms with van der Waals surface area (Å²) in [5, 5.41) is 7.37. The zero-order valence-corrected chi connectivity index (χ0v) is 10.1. The molecule has 0 aliphatic heterocycles. The number of pyridine rings is 1. The Balaban J connectivity index is 1.92. The van der Waals surface area contributed by atoms with Crippen LogP contribution in [-0.2, 0) is 0 Å². The van der Waals surface area contributed by atoms with Crippen LogP contribution < -0.4 is 5.32 Å². The van der Waals surface area contributed by atoms with Gasteiger partial charge in [0, 0.05) is 17.8 Å². The molecule has 0 saturated carbocycles. The Morgan fingerprint density at radius 3 is 3.06 bits per heavy atom. The maximum atomic E-state index is 5.34. The van der Waals surface area contributed by atoms with Crippen LogP contribution in [0, 0.1) is 0 Å². The van der Waals surface area contributed by atoms with Crippen LogP contribution in [0.15, 0.2) is 40.6 Å². The van der Waals surface area contributed by atoms with Gasteiger partial charge in [-0.15, -0.1) is 11.3 Å². The highest BCUT2D eigenvalue weighted by molar-refractivity contribution is 7.09. The van der Waals surface area contributed by atoms with Gasteiger partial charge in [0.05, 0.1) is 17.7 Å². The van der Waals surface area contributed by atoms with E-state index in [4.69, 9.17) is 4.42 Å². The van der Waals surface area contributed by atoms with Crippen LogP contribution in [0.25, 0.3) is 11.0 Å². The lowest BCUT2D eigenvalue weighted by Crippen LogP contribution is -2.07. The van der Waals surface area contributed by atoms with Crippen molar-refractivity contribution < 1.29 is 4.42 Å². The van der Waals surface area contributed by atoms with E-state index < -0.39 is 0 Å². The first-order valence-corrected chi connectivity index (χ1v) is 6.20. The summed E-state index contributed by atoms with van der Waals surface area (Å²) in [4.78, 5) is 8.62. The van der Waals surface area contributed by atoms with Crippen LogP contribution in [0.1, 0.15) is 18.0 Å². The summed E-state index contributed by atoms with van der Waals surface area (Å²) in [5.41, 5.74) is 0.842. The summed E-state index contributed by atoms with van der Waals surface area (Å²) in [6.45, 7) is 2.07. The average Bonchev–Trinajstić information content (AvgIpc) is 3.00. The van der Waals surface area contributed by atoms with Crippen molar-refractivity contribution >= 4 is 28.1 Å². The van der Waals surface area contributed by atoms with Crippen LogP contribution in [0.4, 0.5) is 5.82 Å². The number of hydrogen-bond donors (Lipinski definition) is 1. The molecule has 1 atom stereocenters. The van der Waals surface area contributed by atoms with Crippen LogP contribution in [-0.4, -0.2) is 9.97 Å². The zero-order valence-electron chi connectivity index (χ0n) is 9.25. The molecule has 5 heteroatoms. The second kappa shape index (κ2) is 4.18. The van der Waals surface area contributed by atoms with Gasteiger partial charge in [0.25, 0.3) is 0 Å². The van der Waals surface area contributed by atoms with Crippen LogP contribution in [0.3, 0.4) is 0 Å². The molecule has 3 heterocycles. The molecule has 0 spiro atoms. The first-order chi connectivity index (χ1) is 8.34. The summed E-state index contributed by atoms with van der Waals surface area (Å²) in [7, 11) is 0. The zero-order chi connectivity index (χ0) is 11.7. The van der Waals surface area contributed by atoms with E-state index in [9.17, 15) is 0 Å². The highest BCUT2D eigenvalue weighted by Gasteiger charge is 2.11. The number of thiazole rings is 1. The average molecular weight is 245 g/mol. The highest BCUT2D eigenvalue weighted by Crippen LogP contribution is 2.26. The van der Waals surface area contributed by atoms with E-state index in [1.165, 1.54) is 0 Å². The third kappa shape index (κ3) is 1.89. The summed E-state index contributed by atoms with van der Waals surface area (Å²) in [6.07, 6.45) is 5.22. The third-order valence-electron chi connectivity index (χ3n) is 2.55. The van der Waals surface area contributed by atoms with Gasteiger partial charge in [-0.25, -0.2) is 9.97 Å². The molecule has 4 nitrogen and oxygen atoms in total. The smallest absolute Gasteiger partial charge is 0.139 e. The molecular formula is C12H11N3OS. The van der Waals surface area contributed by atoms with E-state index in [0.29, 0.717) is 0 Å². The van der Waals surface area contributed by atoms with Crippen LogP contribution in [0.5, 0.6) is 0 Å². The van der Waals surface area contributed by atoms with E-state index in [1.807, 2.05) is 23.7 Å². The summed E-state index contributed by atoms with van der Waals surface area (Å²) < 4.78 is 5.34. The summed E-state index contributed by atoms with van der Waals surface area (Å²) in [5.74, 6) is 0.832. The first-order valence-electron chi connectivity index (χ1n) is 5.33. The van der Waals surface area contributed by atoms with E-state index in [2.05, 4.69) is 22.2 Å². The van der Waals surface area contributed by atoms with Crippen molar-refractivity contribution in [3.63, 3.8) is 0 Å². The molecule has 1 N–H and O–H groups in total. The van der Waals surface area contributed by atoms with Crippen molar-refractivity contribution in [2.24, 2.45) is 0 Å². The van der Waals surface area contributed by atoms with Gasteiger partial charge in [-0.1, -0.05) is 0 Å². The molecule has 0 aliphatic rings. The number of anilines is 1. The van der Waals surface area contributed by atoms with Gasteiger partial charge >= 0.3 is 0 Å². The predicted molar refractivity (Wildman–Crippen MR) is 68.2 cm³/mol. The van der Waals surface area contributed by atoms with Crippen molar-refractivity contribution in [2.45, 2.75) is 13.0 Å². The van der Waals surface area contributed by atoms with Gasteiger partial charge in [0.2, 0.25) is 0 Å². The molecule has 3 aromatic rings. The minimum Gasteiger partial charge on any atom is -0.464 e. The Kier molecular flexibility index (Phi) is 2.53. The maximum Gasteiger partial charge on any atom is 0.139 e. The monoisotopic (exact) mass is 245 g/mol. The molecule has 0 amide bonds. The van der Waals surface area contributed by atoms with Crippen LogP contribution >= 0.6 is 11.3 Å². The van der Waals surface area contributed by atoms with Gasteiger partial charge in [0.15, 0.2) is 0 Å². The Morgan fingerprint density at radius 1 is 1.29 bits per heavy atom. The Morgan fingerprint density at radius 2 is 2.24 bits per heavy atom.